The molecule has 0 aliphatic heterocycles. The Morgan fingerprint density at radius 2 is 2.00 bits per heavy atom. The van der Waals surface area contributed by atoms with Gasteiger partial charge in [0.15, 0.2) is 5.82 Å². The molecule has 1 aromatic carbocycles. The topological polar surface area (TPSA) is 68.9 Å². The summed E-state index contributed by atoms with van der Waals surface area (Å²) < 4.78 is 13.2. The van der Waals surface area contributed by atoms with E-state index in [2.05, 4.69) is 9.97 Å². The molecule has 17 heavy (non-hydrogen) atoms. The van der Waals surface area contributed by atoms with Crippen molar-refractivity contribution in [1.29, 1.82) is 0 Å². The summed E-state index contributed by atoms with van der Waals surface area (Å²) in [5, 5.41) is 10.6. The maximum Gasteiger partial charge on any atom is 0.269 e. The minimum absolute atomic E-state index is 0.00231. The van der Waals surface area contributed by atoms with Crippen molar-refractivity contribution in [2.75, 3.05) is 0 Å². The maximum atomic E-state index is 13.2. The van der Waals surface area contributed by atoms with Crippen LogP contribution in [0, 0.1) is 15.9 Å². The molecule has 0 aliphatic rings. The molecule has 0 fully saturated rings. The summed E-state index contributed by atoms with van der Waals surface area (Å²) in [4.78, 5) is 17.9. The summed E-state index contributed by atoms with van der Waals surface area (Å²) in [6.07, 6.45) is 2.32. The van der Waals surface area contributed by atoms with Gasteiger partial charge in [-0.3, -0.25) is 10.1 Å². The van der Waals surface area contributed by atoms with E-state index < -0.39 is 10.7 Å². The summed E-state index contributed by atoms with van der Waals surface area (Å²) in [5.74, 6) is -0.518. The Bertz CT molecular complexity index is 548. The molecule has 7 heteroatoms. The lowest BCUT2D eigenvalue weighted by atomic mass is 10.3. The molecule has 0 unspecified atom stereocenters. The number of hydrogen-bond acceptors (Lipinski definition) is 5. The Hall–Kier alpha value is -2.02. The fourth-order valence-corrected chi connectivity index (χ4v) is 1.87. The zero-order valence-electron chi connectivity index (χ0n) is 8.41. The van der Waals surface area contributed by atoms with Crippen molar-refractivity contribution in [2.24, 2.45) is 0 Å². The van der Waals surface area contributed by atoms with Crippen LogP contribution >= 0.6 is 11.8 Å². The quantitative estimate of drug-likeness (QED) is 0.476. The van der Waals surface area contributed by atoms with E-state index in [1.807, 2.05) is 0 Å². The van der Waals surface area contributed by atoms with Crippen molar-refractivity contribution in [2.45, 2.75) is 9.92 Å². The van der Waals surface area contributed by atoms with Gasteiger partial charge in [-0.1, -0.05) is 11.8 Å². The second-order valence-corrected chi connectivity index (χ2v) is 4.09. The Labute approximate surface area is 99.9 Å². The molecule has 0 saturated carbocycles. The Morgan fingerprint density at radius 1 is 1.29 bits per heavy atom. The molecule has 0 saturated heterocycles. The van der Waals surface area contributed by atoms with E-state index in [4.69, 9.17) is 0 Å². The number of aromatic nitrogens is 2. The van der Waals surface area contributed by atoms with Crippen LogP contribution in [0.15, 0.2) is 46.7 Å². The van der Waals surface area contributed by atoms with E-state index in [0.29, 0.717) is 4.90 Å². The molecule has 1 aromatic heterocycles. The predicted octanol–water partition coefficient (Wildman–Crippen LogP) is 2.68. The Balaban J connectivity index is 2.20. The van der Waals surface area contributed by atoms with Crippen LogP contribution in [0.1, 0.15) is 0 Å². The number of nitro groups is 1. The van der Waals surface area contributed by atoms with Gasteiger partial charge in [0.25, 0.3) is 5.69 Å². The molecule has 0 N–H and O–H groups in total. The van der Waals surface area contributed by atoms with Gasteiger partial charge in [-0.15, -0.1) is 0 Å². The first kappa shape index (κ1) is 11.5. The highest BCUT2D eigenvalue weighted by Crippen LogP contribution is 2.28. The summed E-state index contributed by atoms with van der Waals surface area (Å²) in [6.45, 7) is 0. The predicted molar refractivity (Wildman–Crippen MR) is 59.2 cm³/mol. The molecular formula is C10H6FN3O2S. The Kier molecular flexibility index (Phi) is 3.29. The molecule has 0 atom stereocenters. The molecule has 0 spiro atoms. The average Bonchev–Trinajstić information content (AvgIpc) is 2.33. The lowest BCUT2D eigenvalue weighted by molar-refractivity contribution is -0.384. The fraction of sp³-hybridized carbons (Fsp3) is 0. The molecule has 2 aromatic rings. The van der Waals surface area contributed by atoms with E-state index in [1.54, 1.807) is 12.1 Å². The lowest BCUT2D eigenvalue weighted by Crippen LogP contribution is -1.89. The Morgan fingerprint density at radius 3 is 2.59 bits per heavy atom. The van der Waals surface area contributed by atoms with Gasteiger partial charge < -0.3 is 0 Å². The first-order valence-electron chi connectivity index (χ1n) is 4.54. The van der Waals surface area contributed by atoms with Gasteiger partial charge in [-0.05, 0) is 12.1 Å². The third kappa shape index (κ3) is 2.76. The van der Waals surface area contributed by atoms with Crippen LogP contribution in [-0.4, -0.2) is 14.9 Å². The molecular weight excluding hydrogens is 245 g/mol. The van der Waals surface area contributed by atoms with Crippen molar-refractivity contribution in [3.63, 3.8) is 0 Å². The molecule has 0 amide bonds. The van der Waals surface area contributed by atoms with Crippen molar-refractivity contribution in [3.8, 4) is 0 Å². The first-order valence-corrected chi connectivity index (χ1v) is 5.36. The molecule has 5 nitrogen and oxygen atoms in total. The highest BCUT2D eigenvalue weighted by atomic mass is 32.2. The molecule has 0 aliphatic carbocycles. The molecule has 86 valence electrons. The second kappa shape index (κ2) is 4.88. The highest BCUT2D eigenvalue weighted by molar-refractivity contribution is 7.99. The summed E-state index contributed by atoms with van der Waals surface area (Å²) in [7, 11) is 0. The van der Waals surface area contributed by atoms with Gasteiger partial charge >= 0.3 is 0 Å². The SMILES string of the molecule is O=[N+]([O-])c1ccc(Sc2ncncc2F)cc1. The number of rotatable bonds is 3. The number of benzene rings is 1. The summed E-state index contributed by atoms with van der Waals surface area (Å²) >= 11 is 1.09. The smallest absolute Gasteiger partial charge is 0.258 e. The van der Waals surface area contributed by atoms with Crippen LogP contribution in [0.4, 0.5) is 10.1 Å². The molecule has 0 radical (unpaired) electrons. The third-order valence-electron chi connectivity index (χ3n) is 1.90. The van der Waals surface area contributed by atoms with Crippen LogP contribution in [0.25, 0.3) is 0 Å². The standard InChI is InChI=1S/C10H6FN3O2S/c11-9-5-12-6-13-10(9)17-8-3-1-7(2-4-8)14(15)16/h1-6H. The minimum atomic E-state index is -0.518. The second-order valence-electron chi connectivity index (χ2n) is 3.03. The molecule has 0 bridgehead atoms. The van der Waals surface area contributed by atoms with E-state index in [1.165, 1.54) is 18.5 Å². The van der Waals surface area contributed by atoms with E-state index >= 15 is 0 Å². The van der Waals surface area contributed by atoms with E-state index in [0.717, 1.165) is 18.0 Å². The maximum absolute atomic E-state index is 13.2. The van der Waals surface area contributed by atoms with Gasteiger partial charge in [0.1, 0.15) is 11.4 Å². The first-order chi connectivity index (χ1) is 8.16. The average molecular weight is 251 g/mol. The summed E-state index contributed by atoms with van der Waals surface area (Å²) in [6, 6.07) is 5.82. The monoisotopic (exact) mass is 251 g/mol. The minimum Gasteiger partial charge on any atom is -0.258 e. The number of nitrogens with zero attached hydrogens (tertiary/aromatic N) is 3. The van der Waals surface area contributed by atoms with E-state index in [9.17, 15) is 14.5 Å². The van der Waals surface area contributed by atoms with Gasteiger partial charge in [0.05, 0.1) is 11.1 Å². The lowest BCUT2D eigenvalue weighted by Gasteiger charge is -2.00. The largest absolute Gasteiger partial charge is 0.269 e. The van der Waals surface area contributed by atoms with Crippen LogP contribution in [0.2, 0.25) is 0 Å². The van der Waals surface area contributed by atoms with Crippen LogP contribution in [0.3, 0.4) is 0 Å². The summed E-state index contributed by atoms with van der Waals surface area (Å²) in [5.41, 5.74) is -0.00231. The van der Waals surface area contributed by atoms with Crippen molar-refractivity contribution >= 4 is 17.4 Å². The van der Waals surface area contributed by atoms with Gasteiger partial charge in [0, 0.05) is 17.0 Å². The van der Waals surface area contributed by atoms with Gasteiger partial charge in [-0.25, -0.2) is 14.4 Å². The number of nitro benzene ring substituents is 1. The van der Waals surface area contributed by atoms with Crippen LogP contribution in [0.5, 0.6) is 0 Å². The zero-order valence-corrected chi connectivity index (χ0v) is 9.22. The van der Waals surface area contributed by atoms with Gasteiger partial charge in [0.2, 0.25) is 0 Å². The van der Waals surface area contributed by atoms with E-state index in [-0.39, 0.29) is 10.7 Å². The number of hydrogen-bond donors (Lipinski definition) is 0. The van der Waals surface area contributed by atoms with Crippen molar-refractivity contribution < 1.29 is 9.31 Å². The third-order valence-corrected chi connectivity index (χ3v) is 2.90. The van der Waals surface area contributed by atoms with Crippen molar-refractivity contribution in [1.82, 2.24) is 9.97 Å². The van der Waals surface area contributed by atoms with Crippen molar-refractivity contribution in [3.05, 3.63) is 52.7 Å². The zero-order chi connectivity index (χ0) is 12.3. The van der Waals surface area contributed by atoms with Crippen LogP contribution < -0.4 is 0 Å². The number of non-ortho nitro benzene ring substituents is 1. The fourth-order valence-electron chi connectivity index (χ4n) is 1.12. The molecule has 2 rings (SSSR count). The normalized spacial score (nSPS) is 10.2. The van der Waals surface area contributed by atoms with Gasteiger partial charge in [-0.2, -0.15) is 0 Å². The highest BCUT2D eigenvalue weighted by Gasteiger charge is 2.08. The molecule has 1 heterocycles. The van der Waals surface area contributed by atoms with Crippen LogP contribution in [-0.2, 0) is 0 Å². The number of halogens is 1.